The molecule has 0 amide bonds. The number of aliphatic hydroxyl groups is 1. The van der Waals surface area contributed by atoms with E-state index in [4.69, 9.17) is 19.2 Å². The molecule has 3 aromatic carbocycles. The zero-order chi connectivity index (χ0) is 28.9. The molecule has 0 bridgehead atoms. The fourth-order valence-corrected chi connectivity index (χ4v) is 6.01. The van der Waals surface area contributed by atoms with E-state index in [-0.39, 0.29) is 6.10 Å². The van der Waals surface area contributed by atoms with E-state index < -0.39 is 24.3 Å². The Balaban J connectivity index is 1.07. The molecular weight excluding hydrogens is 526 g/mol. The van der Waals surface area contributed by atoms with Crippen molar-refractivity contribution in [2.24, 2.45) is 0 Å². The first kappa shape index (κ1) is 28.8. The van der Waals surface area contributed by atoms with Gasteiger partial charge in [-0.2, -0.15) is 0 Å². The van der Waals surface area contributed by atoms with E-state index in [1.807, 2.05) is 19.9 Å². The molecule has 4 aromatic rings. The molecule has 0 saturated carbocycles. The third kappa shape index (κ3) is 6.36. The van der Waals surface area contributed by atoms with Crippen LogP contribution in [0.1, 0.15) is 39.5 Å². The predicted octanol–water partition coefficient (Wildman–Crippen LogP) is 6.27. The van der Waals surface area contributed by atoms with Crippen LogP contribution in [0.2, 0.25) is 0 Å². The van der Waals surface area contributed by atoms with E-state index in [0.717, 1.165) is 61.4 Å². The molecule has 3 heterocycles. The maximum absolute atomic E-state index is 10.6. The van der Waals surface area contributed by atoms with Crippen molar-refractivity contribution < 1.29 is 19.3 Å². The molecule has 2 fully saturated rings. The van der Waals surface area contributed by atoms with Crippen molar-refractivity contribution in [2.75, 3.05) is 13.1 Å². The van der Waals surface area contributed by atoms with Crippen molar-refractivity contribution in [3.8, 4) is 33.9 Å². The van der Waals surface area contributed by atoms with Crippen molar-refractivity contribution in [3.05, 3.63) is 91.0 Å². The molecule has 7 heteroatoms. The maximum atomic E-state index is 10.6. The molecule has 2 saturated heterocycles. The van der Waals surface area contributed by atoms with Gasteiger partial charge in [0, 0.05) is 29.8 Å². The average molecular weight is 568 g/mol. The number of aromatic nitrogens is 2. The van der Waals surface area contributed by atoms with Crippen LogP contribution >= 0.6 is 0 Å². The Morgan fingerprint density at radius 3 is 2.07 bits per heavy atom. The highest BCUT2D eigenvalue weighted by Crippen LogP contribution is 2.38. The number of aliphatic hydroxyl groups excluding tert-OH is 1. The minimum atomic E-state index is -0.710. The topological polar surface area (TPSA) is 77.8 Å². The molecule has 0 radical (unpaired) electrons. The number of ether oxygens (including phenoxy) is 3. The number of rotatable bonds is 12. The van der Waals surface area contributed by atoms with Gasteiger partial charge in [-0.05, 0) is 33.2 Å². The minimum Gasteiger partial charge on any atom is -0.387 e. The highest BCUT2D eigenvalue weighted by Gasteiger charge is 2.53. The van der Waals surface area contributed by atoms with Gasteiger partial charge < -0.3 is 29.2 Å². The van der Waals surface area contributed by atoms with Gasteiger partial charge in [-0.1, -0.05) is 104 Å². The van der Waals surface area contributed by atoms with Gasteiger partial charge in [0.2, 0.25) is 0 Å². The number of imidazole rings is 1. The largest absolute Gasteiger partial charge is 0.387 e. The molecule has 2 aliphatic rings. The molecule has 0 unspecified atom stereocenters. The fourth-order valence-electron chi connectivity index (χ4n) is 6.01. The number of fused-ring (bicyclic) bond motifs is 1. The number of hydrogen-bond donors (Lipinski definition) is 2. The standard InChI is InChI=1S/C35H41N3O4/c1-35(2)41-32-31(39)28(40-34(32)42-35)24-36-22-14-3-4-15-23-38-30(26-18-10-6-11-19-26)29(25-16-8-5-9-17-25)37-33(38)27-20-12-7-13-21-27/h5-13,16-21,28,31-32,34,36,39H,3-4,14-15,22-24H2,1-2H3/t28-,31+,32-,34-/m1/s1. The summed E-state index contributed by atoms with van der Waals surface area (Å²) in [6.07, 6.45) is 2.45. The van der Waals surface area contributed by atoms with E-state index in [0.29, 0.717) is 6.54 Å². The first-order valence-electron chi connectivity index (χ1n) is 15.2. The summed E-state index contributed by atoms with van der Waals surface area (Å²) in [5.41, 5.74) is 5.61. The van der Waals surface area contributed by atoms with Crippen LogP contribution in [0.3, 0.4) is 0 Å². The first-order chi connectivity index (χ1) is 20.5. The third-order valence-electron chi connectivity index (χ3n) is 8.04. The minimum absolute atomic E-state index is 0.316. The highest BCUT2D eigenvalue weighted by atomic mass is 16.8. The third-order valence-corrected chi connectivity index (χ3v) is 8.04. The van der Waals surface area contributed by atoms with Crippen molar-refractivity contribution in [1.82, 2.24) is 14.9 Å². The number of nitrogens with one attached hydrogen (secondary N) is 1. The van der Waals surface area contributed by atoms with E-state index in [9.17, 15) is 5.11 Å². The number of unbranched alkanes of at least 4 members (excludes halogenated alkanes) is 3. The van der Waals surface area contributed by atoms with Gasteiger partial charge in [0.1, 0.15) is 24.1 Å². The smallest absolute Gasteiger partial charge is 0.190 e. The average Bonchev–Trinajstić information content (AvgIpc) is 3.64. The summed E-state index contributed by atoms with van der Waals surface area (Å²) in [6.45, 7) is 6.04. The van der Waals surface area contributed by atoms with Gasteiger partial charge in [0.15, 0.2) is 12.1 Å². The van der Waals surface area contributed by atoms with Gasteiger partial charge in [0.05, 0.1) is 11.4 Å². The Hall–Kier alpha value is -3.33. The second-order valence-electron chi connectivity index (χ2n) is 11.6. The van der Waals surface area contributed by atoms with Gasteiger partial charge in [-0.3, -0.25) is 0 Å². The fraction of sp³-hybridized carbons (Fsp3) is 0.400. The second kappa shape index (κ2) is 12.9. The molecule has 4 atom stereocenters. The molecule has 2 N–H and O–H groups in total. The Morgan fingerprint density at radius 2 is 1.40 bits per heavy atom. The summed E-state index contributed by atoms with van der Waals surface area (Å²) in [5, 5.41) is 14.0. The molecule has 220 valence electrons. The zero-order valence-electron chi connectivity index (χ0n) is 24.5. The van der Waals surface area contributed by atoms with E-state index in [1.54, 1.807) is 0 Å². The van der Waals surface area contributed by atoms with E-state index >= 15 is 0 Å². The van der Waals surface area contributed by atoms with Gasteiger partial charge in [-0.15, -0.1) is 0 Å². The van der Waals surface area contributed by atoms with E-state index in [1.165, 1.54) is 11.3 Å². The summed E-state index contributed by atoms with van der Waals surface area (Å²) in [7, 11) is 0. The number of nitrogens with zero attached hydrogens (tertiary/aromatic N) is 2. The van der Waals surface area contributed by atoms with Crippen LogP contribution in [-0.4, -0.2) is 58.1 Å². The van der Waals surface area contributed by atoms with Crippen LogP contribution in [0.25, 0.3) is 33.9 Å². The molecule has 42 heavy (non-hydrogen) atoms. The zero-order valence-corrected chi connectivity index (χ0v) is 24.5. The summed E-state index contributed by atoms with van der Waals surface area (Å²) >= 11 is 0. The lowest BCUT2D eigenvalue weighted by atomic mass is 10.0. The Kier molecular flexibility index (Phi) is 8.84. The van der Waals surface area contributed by atoms with Crippen LogP contribution in [-0.2, 0) is 20.8 Å². The van der Waals surface area contributed by atoms with Crippen molar-refractivity contribution >= 4 is 0 Å². The van der Waals surface area contributed by atoms with Crippen molar-refractivity contribution in [2.45, 2.75) is 76.5 Å². The van der Waals surface area contributed by atoms with Crippen LogP contribution in [0.5, 0.6) is 0 Å². The Morgan fingerprint density at radius 1 is 0.786 bits per heavy atom. The summed E-state index contributed by atoms with van der Waals surface area (Å²) in [4.78, 5) is 5.24. The molecular formula is C35H41N3O4. The normalized spacial score (nSPS) is 22.8. The molecule has 0 aliphatic carbocycles. The number of benzene rings is 3. The van der Waals surface area contributed by atoms with Crippen LogP contribution < -0.4 is 5.32 Å². The lowest BCUT2D eigenvalue weighted by Crippen LogP contribution is -2.40. The predicted molar refractivity (Wildman–Crippen MR) is 165 cm³/mol. The molecule has 0 spiro atoms. The van der Waals surface area contributed by atoms with Crippen LogP contribution in [0, 0.1) is 0 Å². The van der Waals surface area contributed by atoms with Crippen LogP contribution in [0.15, 0.2) is 91.0 Å². The molecule has 1 aromatic heterocycles. The molecule has 6 rings (SSSR count). The second-order valence-corrected chi connectivity index (χ2v) is 11.6. The monoisotopic (exact) mass is 567 g/mol. The van der Waals surface area contributed by atoms with E-state index in [2.05, 4.69) is 94.8 Å². The highest BCUT2D eigenvalue weighted by molar-refractivity contribution is 5.82. The SMILES string of the molecule is CC1(C)O[C@H]2O[C@H](CNCCCCCCn3c(-c4ccccc4)nc(-c4ccccc4)c3-c3ccccc3)[C@H](O)[C@H]2O1. The van der Waals surface area contributed by atoms with Gasteiger partial charge >= 0.3 is 0 Å². The van der Waals surface area contributed by atoms with Crippen molar-refractivity contribution in [3.63, 3.8) is 0 Å². The lowest BCUT2D eigenvalue weighted by Gasteiger charge is -2.23. The quantitative estimate of drug-likeness (QED) is 0.197. The van der Waals surface area contributed by atoms with Gasteiger partial charge in [0.25, 0.3) is 0 Å². The summed E-state index contributed by atoms with van der Waals surface area (Å²) in [6, 6.07) is 31.6. The number of hydrogen-bond acceptors (Lipinski definition) is 6. The van der Waals surface area contributed by atoms with Gasteiger partial charge in [-0.25, -0.2) is 4.98 Å². The molecule has 2 aliphatic heterocycles. The summed E-state index contributed by atoms with van der Waals surface area (Å²) in [5.74, 6) is 0.296. The summed E-state index contributed by atoms with van der Waals surface area (Å²) < 4.78 is 19.8. The molecule has 7 nitrogen and oxygen atoms in total. The maximum Gasteiger partial charge on any atom is 0.190 e. The Bertz CT molecular complexity index is 1420. The first-order valence-corrected chi connectivity index (χ1v) is 15.2. The Labute approximate surface area is 248 Å². The van der Waals surface area contributed by atoms with Crippen molar-refractivity contribution in [1.29, 1.82) is 0 Å². The van der Waals surface area contributed by atoms with Crippen LogP contribution in [0.4, 0.5) is 0 Å². The lowest BCUT2D eigenvalue weighted by molar-refractivity contribution is -0.214.